The summed E-state index contributed by atoms with van der Waals surface area (Å²) in [5.41, 5.74) is 0.775. The third-order valence-corrected chi connectivity index (χ3v) is 4.83. The number of aliphatic hydroxyl groups is 1. The Bertz CT molecular complexity index is 567. The highest BCUT2D eigenvalue weighted by Gasteiger charge is 2.30. The molecule has 0 radical (unpaired) electrons. The van der Waals surface area contributed by atoms with Gasteiger partial charge in [-0.3, -0.25) is 0 Å². The van der Waals surface area contributed by atoms with E-state index in [0.29, 0.717) is 12.4 Å². The van der Waals surface area contributed by atoms with E-state index in [-0.39, 0.29) is 17.4 Å². The first-order valence-electron chi connectivity index (χ1n) is 6.85. The predicted octanol–water partition coefficient (Wildman–Crippen LogP) is 1.44. The number of ether oxygens (including phenoxy) is 1. The van der Waals surface area contributed by atoms with Gasteiger partial charge in [-0.25, -0.2) is 13.1 Å². The van der Waals surface area contributed by atoms with Crippen molar-refractivity contribution < 1.29 is 18.3 Å². The van der Waals surface area contributed by atoms with Crippen molar-refractivity contribution in [1.82, 2.24) is 4.72 Å². The van der Waals surface area contributed by atoms with E-state index in [0.717, 1.165) is 18.4 Å². The van der Waals surface area contributed by atoms with E-state index in [9.17, 15) is 13.5 Å². The quantitative estimate of drug-likeness (QED) is 0.799. The van der Waals surface area contributed by atoms with Crippen molar-refractivity contribution in [2.75, 3.05) is 13.2 Å². The van der Waals surface area contributed by atoms with Crippen LogP contribution in [0, 0.1) is 12.8 Å². The van der Waals surface area contributed by atoms with Gasteiger partial charge in [-0.15, -0.1) is 0 Å². The Morgan fingerprint density at radius 1 is 1.45 bits per heavy atom. The number of rotatable bonds is 7. The molecule has 0 aliphatic heterocycles. The van der Waals surface area contributed by atoms with E-state index >= 15 is 0 Å². The van der Waals surface area contributed by atoms with Crippen LogP contribution in [0.4, 0.5) is 0 Å². The van der Waals surface area contributed by atoms with Crippen LogP contribution in [-0.4, -0.2) is 32.8 Å². The van der Waals surface area contributed by atoms with E-state index in [1.54, 1.807) is 12.1 Å². The summed E-state index contributed by atoms with van der Waals surface area (Å²) in [6.07, 6.45) is 1.37. The summed E-state index contributed by atoms with van der Waals surface area (Å²) in [5, 5.41) is 9.72. The second kappa shape index (κ2) is 6.11. The molecule has 1 aromatic rings. The Kier molecular flexibility index (Phi) is 4.67. The topological polar surface area (TPSA) is 75.6 Å². The minimum absolute atomic E-state index is 0.0687. The number of nitrogens with one attached hydrogen (secondary N) is 1. The number of hydrogen-bond donors (Lipinski definition) is 2. The van der Waals surface area contributed by atoms with Gasteiger partial charge in [0, 0.05) is 6.54 Å². The molecule has 0 aromatic heterocycles. The first-order valence-corrected chi connectivity index (χ1v) is 8.33. The number of benzene rings is 1. The van der Waals surface area contributed by atoms with Crippen molar-refractivity contribution in [3.05, 3.63) is 23.8 Å². The molecule has 5 nitrogen and oxygen atoms in total. The van der Waals surface area contributed by atoms with Crippen molar-refractivity contribution in [3.8, 4) is 5.75 Å². The summed E-state index contributed by atoms with van der Waals surface area (Å²) < 4.78 is 32.1. The summed E-state index contributed by atoms with van der Waals surface area (Å²) in [6.45, 7) is 4.30. The Labute approximate surface area is 120 Å². The molecule has 0 saturated heterocycles. The third-order valence-electron chi connectivity index (χ3n) is 3.41. The highest BCUT2D eigenvalue weighted by atomic mass is 32.2. The second-order valence-electron chi connectivity index (χ2n) is 5.12. The number of sulfonamides is 1. The molecular weight excluding hydrogens is 278 g/mol. The minimum Gasteiger partial charge on any atom is -0.494 e. The van der Waals surface area contributed by atoms with Crippen molar-refractivity contribution >= 4 is 10.0 Å². The average molecular weight is 299 g/mol. The molecule has 1 saturated carbocycles. The van der Waals surface area contributed by atoms with Gasteiger partial charge in [0.15, 0.2) is 0 Å². The fourth-order valence-corrected chi connectivity index (χ4v) is 3.17. The molecule has 2 N–H and O–H groups in total. The van der Waals surface area contributed by atoms with Gasteiger partial charge in [-0.05, 0) is 56.4 Å². The Morgan fingerprint density at radius 3 is 2.70 bits per heavy atom. The standard InChI is InChI=1S/C14H21NO4S/c1-3-19-14-7-6-12(8-10(14)2)20(17,18)15-9-13(16)11-4-5-11/h6-8,11,13,15-16H,3-5,9H2,1-2H3. The molecule has 112 valence electrons. The zero-order chi connectivity index (χ0) is 14.8. The lowest BCUT2D eigenvalue weighted by molar-refractivity contribution is 0.155. The van der Waals surface area contributed by atoms with Crippen LogP contribution >= 0.6 is 0 Å². The van der Waals surface area contributed by atoms with Crippen LogP contribution in [0.5, 0.6) is 5.75 Å². The zero-order valence-electron chi connectivity index (χ0n) is 11.8. The first-order chi connectivity index (χ1) is 9.44. The van der Waals surface area contributed by atoms with Crippen molar-refractivity contribution in [2.24, 2.45) is 5.92 Å². The van der Waals surface area contributed by atoms with Crippen LogP contribution in [0.15, 0.2) is 23.1 Å². The SMILES string of the molecule is CCOc1ccc(S(=O)(=O)NCC(O)C2CC2)cc1C. The molecule has 0 bridgehead atoms. The van der Waals surface area contributed by atoms with E-state index in [4.69, 9.17) is 4.74 Å². The highest BCUT2D eigenvalue weighted by Crippen LogP contribution is 2.32. The van der Waals surface area contributed by atoms with Crippen LogP contribution in [0.25, 0.3) is 0 Å². The van der Waals surface area contributed by atoms with Gasteiger partial charge in [-0.2, -0.15) is 0 Å². The van der Waals surface area contributed by atoms with Crippen LogP contribution < -0.4 is 9.46 Å². The summed E-state index contributed by atoms with van der Waals surface area (Å²) in [4.78, 5) is 0.196. The van der Waals surface area contributed by atoms with Crippen LogP contribution in [0.2, 0.25) is 0 Å². The zero-order valence-corrected chi connectivity index (χ0v) is 12.6. The molecule has 1 unspecified atom stereocenters. The normalized spacial score (nSPS) is 16.9. The predicted molar refractivity (Wildman–Crippen MR) is 76.3 cm³/mol. The van der Waals surface area contributed by atoms with Crippen molar-refractivity contribution in [2.45, 2.75) is 37.7 Å². The Morgan fingerprint density at radius 2 is 2.15 bits per heavy atom. The molecule has 20 heavy (non-hydrogen) atoms. The molecule has 1 aliphatic carbocycles. The van der Waals surface area contributed by atoms with E-state index < -0.39 is 16.1 Å². The maximum absolute atomic E-state index is 12.1. The molecule has 0 spiro atoms. The van der Waals surface area contributed by atoms with Gasteiger partial charge in [0.2, 0.25) is 10.0 Å². The van der Waals surface area contributed by atoms with Gasteiger partial charge in [-0.1, -0.05) is 0 Å². The average Bonchev–Trinajstić information content (AvgIpc) is 3.23. The maximum atomic E-state index is 12.1. The molecule has 1 aliphatic rings. The van der Waals surface area contributed by atoms with Gasteiger partial charge >= 0.3 is 0 Å². The van der Waals surface area contributed by atoms with Crippen LogP contribution in [0.1, 0.15) is 25.3 Å². The molecule has 0 heterocycles. The van der Waals surface area contributed by atoms with Gasteiger partial charge in [0.25, 0.3) is 0 Å². The van der Waals surface area contributed by atoms with E-state index in [1.165, 1.54) is 6.07 Å². The van der Waals surface area contributed by atoms with Crippen LogP contribution in [0.3, 0.4) is 0 Å². The highest BCUT2D eigenvalue weighted by molar-refractivity contribution is 7.89. The fourth-order valence-electron chi connectivity index (χ4n) is 2.03. The molecule has 1 aromatic carbocycles. The monoisotopic (exact) mass is 299 g/mol. The lowest BCUT2D eigenvalue weighted by atomic mass is 10.2. The van der Waals surface area contributed by atoms with Gasteiger partial charge in [0.05, 0.1) is 17.6 Å². The Balaban J connectivity index is 2.06. The van der Waals surface area contributed by atoms with Crippen LogP contribution in [-0.2, 0) is 10.0 Å². The second-order valence-corrected chi connectivity index (χ2v) is 6.88. The number of aryl methyl sites for hydroxylation is 1. The largest absolute Gasteiger partial charge is 0.494 e. The van der Waals surface area contributed by atoms with Crippen molar-refractivity contribution in [3.63, 3.8) is 0 Å². The summed E-state index contributed by atoms with van der Waals surface area (Å²) in [5.74, 6) is 0.934. The van der Waals surface area contributed by atoms with E-state index in [1.807, 2.05) is 13.8 Å². The third kappa shape index (κ3) is 3.71. The van der Waals surface area contributed by atoms with Gasteiger partial charge < -0.3 is 9.84 Å². The Hall–Kier alpha value is -1.11. The van der Waals surface area contributed by atoms with Gasteiger partial charge in [0.1, 0.15) is 5.75 Å². The number of hydrogen-bond acceptors (Lipinski definition) is 4. The van der Waals surface area contributed by atoms with Crippen molar-refractivity contribution in [1.29, 1.82) is 0 Å². The summed E-state index contributed by atoms with van der Waals surface area (Å²) in [6, 6.07) is 4.76. The summed E-state index contributed by atoms with van der Waals surface area (Å²) in [7, 11) is -3.58. The lowest BCUT2D eigenvalue weighted by Crippen LogP contribution is -2.33. The minimum atomic E-state index is -3.58. The first kappa shape index (κ1) is 15.3. The molecule has 6 heteroatoms. The number of aliphatic hydroxyl groups excluding tert-OH is 1. The summed E-state index contributed by atoms with van der Waals surface area (Å²) >= 11 is 0. The molecule has 0 amide bonds. The molecule has 2 rings (SSSR count). The smallest absolute Gasteiger partial charge is 0.240 e. The lowest BCUT2D eigenvalue weighted by Gasteiger charge is -2.13. The molecule has 1 atom stereocenters. The molecular formula is C14H21NO4S. The molecule has 1 fully saturated rings. The van der Waals surface area contributed by atoms with E-state index in [2.05, 4.69) is 4.72 Å². The maximum Gasteiger partial charge on any atom is 0.240 e. The fraction of sp³-hybridized carbons (Fsp3) is 0.571.